The summed E-state index contributed by atoms with van der Waals surface area (Å²) in [4.78, 5) is 14.5. The first kappa shape index (κ1) is 15.2. The van der Waals surface area contributed by atoms with Gasteiger partial charge in [-0.05, 0) is 50.6 Å². The van der Waals surface area contributed by atoms with Crippen LogP contribution in [0.15, 0.2) is 54.6 Å². The number of hydrogen-bond donors (Lipinski definition) is 0. The molecule has 0 aliphatic carbocycles. The average Bonchev–Trinajstić information content (AvgIpc) is 2.45. The molecule has 2 aromatic carbocycles. The molecule has 0 bridgehead atoms. The van der Waals surface area contributed by atoms with Crippen molar-refractivity contribution in [2.75, 3.05) is 0 Å². The fraction of sp³-hybridized carbons (Fsp3) is 0.278. The summed E-state index contributed by atoms with van der Waals surface area (Å²) < 4.78 is 13.0. The minimum absolute atomic E-state index is 0.0913. The zero-order valence-corrected chi connectivity index (χ0v) is 12.6. The van der Waals surface area contributed by atoms with Crippen LogP contribution in [0.3, 0.4) is 0 Å². The van der Waals surface area contributed by atoms with E-state index in [1.54, 1.807) is 4.90 Å². The number of carbonyl (C=O) groups is 1. The van der Waals surface area contributed by atoms with E-state index < -0.39 is 0 Å². The van der Waals surface area contributed by atoms with Gasteiger partial charge in [0, 0.05) is 17.6 Å². The van der Waals surface area contributed by atoms with Crippen molar-refractivity contribution in [1.82, 2.24) is 4.90 Å². The molecule has 0 saturated heterocycles. The molecule has 1 amide bonds. The molecule has 0 fully saturated rings. The molecule has 0 heterocycles. The minimum Gasteiger partial charge on any atom is -0.329 e. The van der Waals surface area contributed by atoms with Crippen LogP contribution in [0.25, 0.3) is 0 Å². The summed E-state index contributed by atoms with van der Waals surface area (Å²) in [5.74, 6) is -0.428. The summed E-state index contributed by atoms with van der Waals surface area (Å²) in [6.07, 6.45) is 0. The normalized spacial score (nSPS) is 11.2. The van der Waals surface area contributed by atoms with E-state index in [9.17, 15) is 9.18 Å². The van der Waals surface area contributed by atoms with E-state index in [1.807, 2.05) is 51.1 Å². The van der Waals surface area contributed by atoms with Crippen molar-refractivity contribution < 1.29 is 9.18 Å². The highest BCUT2D eigenvalue weighted by Crippen LogP contribution is 2.21. The van der Waals surface area contributed by atoms with Gasteiger partial charge in [0.25, 0.3) is 5.91 Å². The fourth-order valence-electron chi connectivity index (χ4n) is 2.13. The summed E-state index contributed by atoms with van der Waals surface area (Å²) >= 11 is 0. The van der Waals surface area contributed by atoms with Crippen LogP contribution in [-0.4, -0.2) is 16.3 Å². The van der Waals surface area contributed by atoms with E-state index in [2.05, 4.69) is 0 Å². The first-order valence-corrected chi connectivity index (χ1v) is 6.99. The van der Waals surface area contributed by atoms with Gasteiger partial charge in [0.1, 0.15) is 5.82 Å². The zero-order valence-electron chi connectivity index (χ0n) is 12.6. The van der Waals surface area contributed by atoms with Crippen LogP contribution < -0.4 is 0 Å². The highest BCUT2D eigenvalue weighted by Gasteiger charge is 2.27. The lowest BCUT2D eigenvalue weighted by Crippen LogP contribution is -2.45. The van der Waals surface area contributed by atoms with E-state index >= 15 is 0 Å². The first-order valence-electron chi connectivity index (χ1n) is 6.99. The second-order valence-corrected chi connectivity index (χ2v) is 6.05. The van der Waals surface area contributed by atoms with Gasteiger partial charge in [0.05, 0.1) is 0 Å². The third-order valence-electron chi connectivity index (χ3n) is 3.33. The standard InChI is InChI=1S/C18H20FNO/c1-18(2,3)20(13-14-7-5-4-6-8-14)17(21)15-9-11-16(19)12-10-15/h4-12H,13H2,1-3H3. The molecule has 0 aliphatic heterocycles. The molecule has 3 heteroatoms. The van der Waals surface area contributed by atoms with Gasteiger partial charge >= 0.3 is 0 Å². The topological polar surface area (TPSA) is 20.3 Å². The van der Waals surface area contributed by atoms with Gasteiger partial charge < -0.3 is 4.90 Å². The van der Waals surface area contributed by atoms with Gasteiger partial charge in [-0.1, -0.05) is 30.3 Å². The van der Waals surface area contributed by atoms with Crippen LogP contribution in [0, 0.1) is 5.82 Å². The lowest BCUT2D eigenvalue weighted by Gasteiger charge is -2.36. The Morgan fingerprint density at radius 3 is 2.10 bits per heavy atom. The Kier molecular flexibility index (Phi) is 4.41. The largest absolute Gasteiger partial charge is 0.329 e. The van der Waals surface area contributed by atoms with Gasteiger partial charge in [-0.25, -0.2) is 4.39 Å². The average molecular weight is 285 g/mol. The monoisotopic (exact) mass is 285 g/mol. The summed E-state index contributed by atoms with van der Waals surface area (Å²) in [5, 5.41) is 0. The summed E-state index contributed by atoms with van der Waals surface area (Å²) in [6.45, 7) is 6.52. The molecule has 0 N–H and O–H groups in total. The molecule has 0 aromatic heterocycles. The van der Waals surface area contributed by atoms with Gasteiger partial charge in [-0.15, -0.1) is 0 Å². The maximum atomic E-state index is 13.0. The number of benzene rings is 2. The number of hydrogen-bond acceptors (Lipinski definition) is 1. The summed E-state index contributed by atoms with van der Waals surface area (Å²) in [6, 6.07) is 15.5. The van der Waals surface area contributed by atoms with Gasteiger partial charge in [0.2, 0.25) is 0 Å². The molecule has 0 saturated carbocycles. The SMILES string of the molecule is CC(C)(C)N(Cc1ccccc1)C(=O)c1ccc(F)cc1. The van der Waals surface area contributed by atoms with E-state index in [1.165, 1.54) is 24.3 Å². The van der Waals surface area contributed by atoms with Crippen LogP contribution in [0.5, 0.6) is 0 Å². The summed E-state index contributed by atoms with van der Waals surface area (Å²) in [5.41, 5.74) is 1.26. The Morgan fingerprint density at radius 1 is 1.00 bits per heavy atom. The van der Waals surface area contributed by atoms with Crippen LogP contribution in [0.2, 0.25) is 0 Å². The molecular formula is C18H20FNO. The van der Waals surface area contributed by atoms with Crippen molar-refractivity contribution in [3.63, 3.8) is 0 Å². The maximum Gasteiger partial charge on any atom is 0.254 e. The molecule has 21 heavy (non-hydrogen) atoms. The van der Waals surface area contributed by atoms with E-state index in [-0.39, 0.29) is 17.3 Å². The van der Waals surface area contributed by atoms with Crippen LogP contribution in [0.4, 0.5) is 4.39 Å². The van der Waals surface area contributed by atoms with Crippen LogP contribution in [-0.2, 0) is 6.54 Å². The third-order valence-corrected chi connectivity index (χ3v) is 3.33. The Hall–Kier alpha value is -2.16. The molecule has 0 radical (unpaired) electrons. The lowest BCUT2D eigenvalue weighted by molar-refractivity contribution is 0.0559. The molecule has 0 spiro atoms. The second-order valence-electron chi connectivity index (χ2n) is 6.05. The van der Waals surface area contributed by atoms with Crippen molar-refractivity contribution in [3.8, 4) is 0 Å². The Balaban J connectivity index is 2.28. The van der Waals surface area contributed by atoms with E-state index in [4.69, 9.17) is 0 Å². The van der Waals surface area contributed by atoms with Gasteiger partial charge in [0.15, 0.2) is 0 Å². The van der Waals surface area contributed by atoms with Gasteiger partial charge in [-0.2, -0.15) is 0 Å². The fourth-order valence-corrected chi connectivity index (χ4v) is 2.13. The smallest absolute Gasteiger partial charge is 0.254 e. The van der Waals surface area contributed by atoms with E-state index in [0.717, 1.165) is 5.56 Å². The predicted molar refractivity (Wildman–Crippen MR) is 82.5 cm³/mol. The van der Waals surface area contributed by atoms with Gasteiger partial charge in [-0.3, -0.25) is 4.79 Å². The number of carbonyl (C=O) groups excluding carboxylic acids is 1. The Labute approximate surface area is 125 Å². The number of halogens is 1. The Morgan fingerprint density at radius 2 is 1.57 bits per heavy atom. The second kappa shape index (κ2) is 6.08. The molecular weight excluding hydrogens is 265 g/mol. The van der Waals surface area contributed by atoms with Crippen molar-refractivity contribution >= 4 is 5.91 Å². The van der Waals surface area contributed by atoms with Crippen molar-refractivity contribution in [2.45, 2.75) is 32.9 Å². The summed E-state index contributed by atoms with van der Waals surface area (Å²) in [7, 11) is 0. The maximum absolute atomic E-state index is 13.0. The highest BCUT2D eigenvalue weighted by molar-refractivity contribution is 5.94. The molecule has 0 atom stereocenters. The zero-order chi connectivity index (χ0) is 15.5. The van der Waals surface area contributed by atoms with Crippen molar-refractivity contribution in [1.29, 1.82) is 0 Å². The predicted octanol–water partition coefficient (Wildman–Crippen LogP) is 4.27. The minimum atomic E-state index is -0.336. The number of nitrogens with zero attached hydrogens (tertiary/aromatic N) is 1. The van der Waals surface area contributed by atoms with E-state index in [0.29, 0.717) is 12.1 Å². The molecule has 0 aliphatic rings. The third kappa shape index (κ3) is 3.91. The molecule has 2 aromatic rings. The van der Waals surface area contributed by atoms with Crippen molar-refractivity contribution in [2.24, 2.45) is 0 Å². The van der Waals surface area contributed by atoms with Crippen LogP contribution in [0.1, 0.15) is 36.7 Å². The number of amides is 1. The van der Waals surface area contributed by atoms with Crippen LogP contribution >= 0.6 is 0 Å². The lowest BCUT2D eigenvalue weighted by atomic mass is 10.0. The molecule has 2 rings (SSSR count). The first-order chi connectivity index (χ1) is 9.88. The quantitative estimate of drug-likeness (QED) is 0.825. The Bertz CT molecular complexity index is 599. The molecule has 0 unspecified atom stereocenters. The number of rotatable bonds is 3. The molecule has 2 nitrogen and oxygen atoms in total. The van der Waals surface area contributed by atoms with Crippen molar-refractivity contribution in [3.05, 3.63) is 71.5 Å². The highest BCUT2D eigenvalue weighted by atomic mass is 19.1. The molecule has 110 valence electrons.